The molecule has 2 aromatic rings. The summed E-state index contributed by atoms with van der Waals surface area (Å²) in [7, 11) is -3.32. The number of esters is 1. The highest BCUT2D eigenvalue weighted by molar-refractivity contribution is 7.90. The van der Waals surface area contributed by atoms with Crippen LogP contribution in [0.15, 0.2) is 47.2 Å². The molecule has 3 rings (SSSR count). The van der Waals surface area contributed by atoms with E-state index in [1.807, 2.05) is 0 Å². The molecule has 1 aromatic carbocycles. The Kier molecular flexibility index (Phi) is 4.78. The van der Waals surface area contributed by atoms with E-state index in [1.54, 1.807) is 39.0 Å². The van der Waals surface area contributed by atoms with Crippen LogP contribution in [-0.4, -0.2) is 31.2 Å². The number of carbonyl (C=O) groups is 1. The van der Waals surface area contributed by atoms with Crippen molar-refractivity contribution in [3.63, 3.8) is 0 Å². The van der Waals surface area contributed by atoms with Crippen molar-refractivity contribution in [1.29, 1.82) is 0 Å². The summed E-state index contributed by atoms with van der Waals surface area (Å²) in [5, 5.41) is 0.349. The molecule has 0 radical (unpaired) electrons. The molecule has 0 fully saturated rings. The van der Waals surface area contributed by atoms with E-state index in [-0.39, 0.29) is 10.7 Å². The Morgan fingerprint density at radius 2 is 1.81 bits per heavy atom. The number of pyridine rings is 1. The second-order valence-corrected chi connectivity index (χ2v) is 9.16. The normalized spacial score (nSPS) is 16.4. The highest BCUT2D eigenvalue weighted by Crippen LogP contribution is 2.40. The van der Waals surface area contributed by atoms with Gasteiger partial charge in [-0.05, 0) is 50.1 Å². The smallest absolute Gasteiger partial charge is 0.375 e. The zero-order valence-corrected chi connectivity index (χ0v) is 16.8. The quantitative estimate of drug-likeness (QED) is 0.569. The van der Waals surface area contributed by atoms with Gasteiger partial charge in [-0.1, -0.05) is 23.7 Å². The molecule has 0 N–H and O–H groups in total. The van der Waals surface area contributed by atoms with Crippen molar-refractivity contribution in [2.24, 2.45) is 0 Å². The van der Waals surface area contributed by atoms with Crippen LogP contribution in [-0.2, 0) is 19.4 Å². The molecule has 142 valence electrons. The van der Waals surface area contributed by atoms with E-state index in [4.69, 9.17) is 21.1 Å². The fraction of sp³-hybridized carbons (Fsp3) is 0.263. The van der Waals surface area contributed by atoms with Gasteiger partial charge in [-0.25, -0.2) is 18.2 Å². The van der Waals surface area contributed by atoms with Gasteiger partial charge >= 0.3 is 5.97 Å². The maximum absolute atomic E-state index is 12.4. The Hall–Kier alpha value is -2.38. The van der Waals surface area contributed by atoms with Gasteiger partial charge in [0.15, 0.2) is 9.84 Å². The number of hydrogen-bond acceptors (Lipinski definition) is 6. The number of aromatic nitrogens is 1. The molecular formula is C19H18ClNO5S. The summed E-state index contributed by atoms with van der Waals surface area (Å²) >= 11 is 5.93. The molecule has 6 nitrogen and oxygen atoms in total. The number of carbonyl (C=O) groups excluding carboxylic acids is 1. The number of ether oxygens (including phenoxy) is 2. The molecule has 0 saturated carbocycles. The van der Waals surface area contributed by atoms with Gasteiger partial charge in [0.05, 0.1) is 16.7 Å². The second-order valence-electron chi connectivity index (χ2n) is 6.78. The molecular weight excluding hydrogens is 390 g/mol. The maximum Gasteiger partial charge on any atom is 0.375 e. The molecule has 0 spiro atoms. The molecule has 0 saturated heterocycles. The largest absolute Gasteiger partial charge is 0.449 e. The van der Waals surface area contributed by atoms with Gasteiger partial charge in [0.1, 0.15) is 16.5 Å². The molecule has 0 aliphatic carbocycles. The van der Waals surface area contributed by atoms with E-state index in [9.17, 15) is 13.2 Å². The van der Waals surface area contributed by atoms with Gasteiger partial charge in [0, 0.05) is 6.26 Å². The topological polar surface area (TPSA) is 82.6 Å². The summed E-state index contributed by atoms with van der Waals surface area (Å²) in [5.74, 6) is -0.211. The number of hydrogen-bond donors (Lipinski definition) is 0. The Labute approximate surface area is 162 Å². The van der Waals surface area contributed by atoms with Crippen LogP contribution in [0.25, 0.3) is 5.57 Å². The lowest BCUT2D eigenvalue weighted by molar-refractivity contribution is -0.145. The number of sulfone groups is 1. The third-order valence-corrected chi connectivity index (χ3v) is 5.67. The predicted octanol–water partition coefficient (Wildman–Crippen LogP) is 3.57. The van der Waals surface area contributed by atoms with Crippen molar-refractivity contribution in [3.05, 3.63) is 58.6 Å². The van der Waals surface area contributed by atoms with Gasteiger partial charge in [-0.3, -0.25) is 0 Å². The fourth-order valence-corrected chi connectivity index (χ4v) is 3.58. The summed E-state index contributed by atoms with van der Waals surface area (Å²) < 4.78 is 34.6. The van der Waals surface area contributed by atoms with Crippen molar-refractivity contribution in [1.82, 2.24) is 4.98 Å². The summed E-state index contributed by atoms with van der Waals surface area (Å²) in [5.41, 5.74) is 0.931. The van der Waals surface area contributed by atoms with Gasteiger partial charge in [-0.15, -0.1) is 0 Å². The molecule has 1 aromatic heterocycles. The maximum atomic E-state index is 12.4. The van der Waals surface area contributed by atoms with Crippen LogP contribution in [0.4, 0.5) is 0 Å². The third-order valence-electron chi connectivity index (χ3n) is 4.14. The standard InChI is InChI=1S/C19H18ClNO5S/c1-11-9-13(10-21-17(11)20)25-16-15(19(2,3)26-18(16)22)12-5-7-14(8-6-12)27(4,23)24/h5-10H,1-4H3. The summed E-state index contributed by atoms with van der Waals surface area (Å²) in [4.78, 5) is 16.6. The fourth-order valence-electron chi connectivity index (χ4n) is 2.85. The highest BCUT2D eigenvalue weighted by Gasteiger charge is 2.43. The van der Waals surface area contributed by atoms with Crippen molar-refractivity contribution >= 4 is 33.0 Å². The first-order valence-electron chi connectivity index (χ1n) is 8.07. The van der Waals surface area contributed by atoms with Crippen LogP contribution < -0.4 is 4.74 Å². The monoisotopic (exact) mass is 407 g/mol. The Morgan fingerprint density at radius 3 is 2.37 bits per heavy atom. The van der Waals surface area contributed by atoms with Crippen LogP contribution >= 0.6 is 11.6 Å². The SMILES string of the molecule is Cc1cc(OC2=C(c3ccc(S(C)(=O)=O)cc3)C(C)(C)OC2=O)cnc1Cl. The van der Waals surface area contributed by atoms with E-state index in [0.29, 0.717) is 27.6 Å². The molecule has 0 amide bonds. The lowest BCUT2D eigenvalue weighted by atomic mass is 9.92. The van der Waals surface area contributed by atoms with Crippen LogP contribution in [0.1, 0.15) is 25.0 Å². The highest BCUT2D eigenvalue weighted by atomic mass is 35.5. The average Bonchev–Trinajstić information content (AvgIpc) is 2.78. The molecule has 0 bridgehead atoms. The van der Waals surface area contributed by atoms with E-state index in [1.165, 1.54) is 18.3 Å². The Bertz CT molecular complexity index is 1060. The van der Waals surface area contributed by atoms with Gasteiger partial charge in [0.25, 0.3) is 0 Å². The lowest BCUT2D eigenvalue weighted by Gasteiger charge is -2.21. The molecule has 1 aliphatic heterocycles. The van der Waals surface area contributed by atoms with Gasteiger partial charge in [0.2, 0.25) is 5.76 Å². The van der Waals surface area contributed by atoms with Crippen LogP contribution in [0, 0.1) is 6.92 Å². The minimum atomic E-state index is -3.32. The predicted molar refractivity (Wildman–Crippen MR) is 101 cm³/mol. The average molecular weight is 408 g/mol. The minimum Gasteiger partial charge on any atom is -0.449 e. The first-order chi connectivity index (χ1) is 12.5. The van der Waals surface area contributed by atoms with Gasteiger partial charge in [-0.2, -0.15) is 0 Å². The molecule has 8 heteroatoms. The number of rotatable bonds is 4. The summed E-state index contributed by atoms with van der Waals surface area (Å²) in [6.07, 6.45) is 2.56. The zero-order chi connectivity index (χ0) is 20.0. The molecule has 2 heterocycles. The molecule has 0 unspecified atom stereocenters. The van der Waals surface area contributed by atoms with E-state index >= 15 is 0 Å². The Morgan fingerprint density at radius 1 is 1.19 bits per heavy atom. The zero-order valence-electron chi connectivity index (χ0n) is 15.2. The van der Waals surface area contributed by atoms with Crippen LogP contribution in [0.2, 0.25) is 5.15 Å². The van der Waals surface area contributed by atoms with E-state index in [2.05, 4.69) is 4.98 Å². The molecule has 0 atom stereocenters. The molecule has 27 heavy (non-hydrogen) atoms. The summed E-state index contributed by atoms with van der Waals surface area (Å²) in [6.45, 7) is 5.26. The molecule has 1 aliphatic rings. The Balaban J connectivity index is 2.08. The van der Waals surface area contributed by atoms with Crippen LogP contribution in [0.3, 0.4) is 0 Å². The summed E-state index contributed by atoms with van der Waals surface area (Å²) in [6, 6.07) is 7.91. The van der Waals surface area contributed by atoms with Crippen molar-refractivity contribution in [2.45, 2.75) is 31.3 Å². The minimum absolute atomic E-state index is 0.0376. The second kappa shape index (κ2) is 6.65. The van der Waals surface area contributed by atoms with Crippen molar-refractivity contribution in [2.75, 3.05) is 6.26 Å². The van der Waals surface area contributed by atoms with E-state index in [0.717, 1.165) is 6.26 Å². The lowest BCUT2D eigenvalue weighted by Crippen LogP contribution is -2.22. The number of benzene rings is 1. The van der Waals surface area contributed by atoms with Crippen molar-refractivity contribution < 1.29 is 22.7 Å². The van der Waals surface area contributed by atoms with E-state index < -0.39 is 21.4 Å². The third kappa shape index (κ3) is 3.84. The first-order valence-corrected chi connectivity index (χ1v) is 10.3. The number of cyclic esters (lactones) is 1. The van der Waals surface area contributed by atoms with Gasteiger partial charge < -0.3 is 9.47 Å². The van der Waals surface area contributed by atoms with Crippen LogP contribution in [0.5, 0.6) is 5.75 Å². The number of nitrogens with zero attached hydrogens (tertiary/aromatic N) is 1. The number of halogens is 1. The first kappa shape index (κ1) is 19.4. The number of aryl methyl sites for hydroxylation is 1. The van der Waals surface area contributed by atoms with Crippen molar-refractivity contribution in [3.8, 4) is 5.75 Å².